The number of rotatable bonds is 7. The summed E-state index contributed by atoms with van der Waals surface area (Å²) < 4.78 is 33.0. The van der Waals surface area contributed by atoms with Crippen molar-refractivity contribution in [2.45, 2.75) is 18.4 Å². The predicted molar refractivity (Wildman–Crippen MR) is 109 cm³/mol. The van der Waals surface area contributed by atoms with Crippen molar-refractivity contribution >= 4 is 27.3 Å². The lowest BCUT2D eigenvalue weighted by Gasteiger charge is -2.23. The van der Waals surface area contributed by atoms with E-state index in [1.54, 1.807) is 43.3 Å². The zero-order valence-electron chi connectivity index (χ0n) is 14.9. The monoisotopic (exact) mass is 401 g/mol. The van der Waals surface area contributed by atoms with Crippen molar-refractivity contribution in [1.29, 1.82) is 0 Å². The van der Waals surface area contributed by atoms with E-state index < -0.39 is 10.0 Å². The number of sulfonamides is 1. The van der Waals surface area contributed by atoms with Gasteiger partial charge in [-0.3, -0.25) is 4.31 Å². The lowest BCUT2D eigenvalue weighted by Crippen LogP contribution is -2.30. The van der Waals surface area contributed by atoms with Gasteiger partial charge in [-0.15, -0.1) is 0 Å². The van der Waals surface area contributed by atoms with E-state index in [1.807, 2.05) is 30.3 Å². The van der Waals surface area contributed by atoms with Gasteiger partial charge in [0, 0.05) is 11.6 Å². The fourth-order valence-corrected chi connectivity index (χ4v) is 4.27. The first-order valence-corrected chi connectivity index (χ1v) is 10.4. The average Bonchev–Trinajstić information content (AvgIpc) is 2.69. The van der Waals surface area contributed by atoms with Crippen molar-refractivity contribution in [2.75, 3.05) is 10.8 Å². The molecule has 6 heteroatoms. The number of halogens is 1. The molecular weight excluding hydrogens is 382 g/mol. The van der Waals surface area contributed by atoms with Crippen molar-refractivity contribution in [3.8, 4) is 5.75 Å². The summed E-state index contributed by atoms with van der Waals surface area (Å²) in [5, 5.41) is 0.497. The van der Waals surface area contributed by atoms with Crippen LogP contribution in [0.1, 0.15) is 12.5 Å². The molecule has 0 atom stereocenters. The predicted octanol–water partition coefficient (Wildman–Crippen LogP) is 5.13. The number of nitrogens with zero attached hydrogens (tertiary/aromatic N) is 1. The van der Waals surface area contributed by atoms with Crippen LogP contribution in [0.25, 0.3) is 0 Å². The molecule has 0 aliphatic rings. The molecule has 0 spiro atoms. The summed E-state index contributed by atoms with van der Waals surface area (Å²) >= 11 is 5.86. The fourth-order valence-electron chi connectivity index (χ4n) is 2.67. The molecule has 0 aliphatic carbocycles. The van der Waals surface area contributed by atoms with E-state index in [2.05, 4.69) is 0 Å². The molecule has 0 amide bonds. The maximum absolute atomic E-state index is 12.9. The molecule has 0 heterocycles. The molecule has 3 aromatic rings. The molecule has 0 radical (unpaired) electrons. The highest BCUT2D eigenvalue weighted by molar-refractivity contribution is 7.92. The van der Waals surface area contributed by atoms with Gasteiger partial charge in [-0.2, -0.15) is 0 Å². The van der Waals surface area contributed by atoms with E-state index in [1.165, 1.54) is 16.4 Å². The van der Waals surface area contributed by atoms with Crippen molar-refractivity contribution in [2.24, 2.45) is 0 Å². The number of benzene rings is 3. The van der Waals surface area contributed by atoms with Crippen LogP contribution < -0.4 is 9.04 Å². The van der Waals surface area contributed by atoms with Gasteiger partial charge in [0.15, 0.2) is 0 Å². The van der Waals surface area contributed by atoms with Crippen LogP contribution in [-0.4, -0.2) is 15.0 Å². The van der Waals surface area contributed by atoms with Crippen molar-refractivity contribution in [1.82, 2.24) is 0 Å². The largest absolute Gasteiger partial charge is 0.489 e. The Labute approximate surface area is 165 Å². The highest BCUT2D eigenvalue weighted by Gasteiger charge is 2.23. The van der Waals surface area contributed by atoms with Gasteiger partial charge in [0.1, 0.15) is 12.4 Å². The quantitative estimate of drug-likeness (QED) is 0.551. The summed E-state index contributed by atoms with van der Waals surface area (Å²) in [4.78, 5) is 0.207. The van der Waals surface area contributed by atoms with Crippen LogP contribution >= 0.6 is 11.6 Å². The fraction of sp³-hybridized carbons (Fsp3) is 0.143. The molecule has 0 saturated carbocycles. The van der Waals surface area contributed by atoms with Gasteiger partial charge in [0.25, 0.3) is 10.0 Å². The SMILES string of the molecule is CCN(c1ccc(OCc2ccccc2)cc1)S(=O)(=O)c1ccc(Cl)cc1. The molecule has 3 rings (SSSR count). The topological polar surface area (TPSA) is 46.6 Å². The van der Waals surface area contributed by atoms with Crippen LogP contribution in [0, 0.1) is 0 Å². The van der Waals surface area contributed by atoms with Gasteiger partial charge in [0.2, 0.25) is 0 Å². The van der Waals surface area contributed by atoms with Crippen LogP contribution in [0.5, 0.6) is 5.75 Å². The van der Waals surface area contributed by atoms with Gasteiger partial charge in [-0.1, -0.05) is 41.9 Å². The minimum Gasteiger partial charge on any atom is -0.489 e. The number of ether oxygens (including phenoxy) is 1. The molecule has 0 N–H and O–H groups in total. The first-order chi connectivity index (χ1) is 13.0. The van der Waals surface area contributed by atoms with Gasteiger partial charge in [0.05, 0.1) is 10.6 Å². The Morgan fingerprint density at radius 1 is 0.889 bits per heavy atom. The molecule has 0 bridgehead atoms. The van der Waals surface area contributed by atoms with E-state index in [4.69, 9.17) is 16.3 Å². The van der Waals surface area contributed by atoms with Gasteiger partial charge in [-0.05, 0) is 61.0 Å². The Kier molecular flexibility index (Phi) is 6.04. The van der Waals surface area contributed by atoms with Crippen LogP contribution in [0.3, 0.4) is 0 Å². The van der Waals surface area contributed by atoms with E-state index in [-0.39, 0.29) is 4.90 Å². The van der Waals surface area contributed by atoms with Crippen molar-refractivity contribution in [3.63, 3.8) is 0 Å². The number of anilines is 1. The van der Waals surface area contributed by atoms with Crippen molar-refractivity contribution in [3.05, 3.63) is 89.4 Å². The standard InChI is InChI=1S/C21H20ClNO3S/c1-2-23(27(24,25)21-14-8-18(22)9-15-21)19-10-12-20(13-11-19)26-16-17-6-4-3-5-7-17/h3-15H,2,16H2,1H3. The summed E-state index contributed by atoms with van der Waals surface area (Å²) in [6, 6.07) is 23.1. The third-order valence-corrected chi connectivity index (χ3v) is 6.23. The Morgan fingerprint density at radius 3 is 2.11 bits per heavy atom. The lowest BCUT2D eigenvalue weighted by atomic mass is 10.2. The van der Waals surface area contributed by atoms with Crippen LogP contribution in [0.15, 0.2) is 83.8 Å². The van der Waals surface area contributed by atoms with Crippen LogP contribution in [0.2, 0.25) is 5.02 Å². The summed E-state index contributed by atoms with van der Waals surface area (Å²) in [6.07, 6.45) is 0. The number of hydrogen-bond donors (Lipinski definition) is 0. The Morgan fingerprint density at radius 2 is 1.52 bits per heavy atom. The van der Waals surface area contributed by atoms with E-state index in [0.717, 1.165) is 5.56 Å². The second-order valence-corrected chi connectivity index (χ2v) is 8.19. The normalized spacial score (nSPS) is 11.2. The molecule has 27 heavy (non-hydrogen) atoms. The second-order valence-electron chi connectivity index (χ2n) is 5.89. The molecule has 3 aromatic carbocycles. The van der Waals surface area contributed by atoms with Gasteiger partial charge < -0.3 is 4.74 Å². The molecule has 0 fully saturated rings. The molecule has 140 valence electrons. The summed E-state index contributed by atoms with van der Waals surface area (Å²) in [5.74, 6) is 0.683. The Balaban J connectivity index is 1.76. The van der Waals surface area contributed by atoms with Crippen molar-refractivity contribution < 1.29 is 13.2 Å². The third kappa shape index (κ3) is 4.62. The maximum atomic E-state index is 12.9. The second kappa shape index (κ2) is 8.46. The Hall–Kier alpha value is -2.50. The first-order valence-electron chi connectivity index (χ1n) is 8.56. The zero-order valence-corrected chi connectivity index (χ0v) is 16.5. The lowest BCUT2D eigenvalue weighted by molar-refractivity contribution is 0.306. The van der Waals surface area contributed by atoms with Gasteiger partial charge in [-0.25, -0.2) is 8.42 Å². The zero-order chi connectivity index (χ0) is 19.3. The van der Waals surface area contributed by atoms with E-state index >= 15 is 0 Å². The highest BCUT2D eigenvalue weighted by Crippen LogP contribution is 2.26. The summed E-state index contributed by atoms with van der Waals surface area (Å²) in [7, 11) is -3.66. The smallest absolute Gasteiger partial charge is 0.264 e. The molecule has 0 aliphatic heterocycles. The molecule has 0 unspecified atom stereocenters. The highest BCUT2D eigenvalue weighted by atomic mass is 35.5. The van der Waals surface area contributed by atoms with Gasteiger partial charge >= 0.3 is 0 Å². The molecular formula is C21H20ClNO3S. The van der Waals surface area contributed by atoms with Crippen LogP contribution in [-0.2, 0) is 16.6 Å². The third-order valence-electron chi connectivity index (χ3n) is 4.06. The molecule has 0 aromatic heterocycles. The number of hydrogen-bond acceptors (Lipinski definition) is 3. The first kappa shape index (κ1) is 19.3. The maximum Gasteiger partial charge on any atom is 0.264 e. The molecule has 4 nitrogen and oxygen atoms in total. The summed E-state index contributed by atoms with van der Waals surface area (Å²) in [5.41, 5.74) is 1.65. The minimum absolute atomic E-state index is 0.207. The van der Waals surface area contributed by atoms with E-state index in [9.17, 15) is 8.42 Å². The summed E-state index contributed by atoms with van der Waals surface area (Å²) in [6.45, 7) is 2.57. The Bertz CT molecular complexity index is 972. The van der Waals surface area contributed by atoms with E-state index in [0.29, 0.717) is 29.6 Å². The average molecular weight is 402 g/mol. The molecule has 0 saturated heterocycles. The minimum atomic E-state index is -3.66. The van der Waals surface area contributed by atoms with Crippen LogP contribution in [0.4, 0.5) is 5.69 Å².